The van der Waals surface area contributed by atoms with E-state index < -0.39 is 11.4 Å². The Morgan fingerprint density at radius 2 is 2.22 bits per heavy atom. The summed E-state index contributed by atoms with van der Waals surface area (Å²) in [6, 6.07) is 7.82. The van der Waals surface area contributed by atoms with Crippen LogP contribution in [0, 0.1) is 5.41 Å². The zero-order valence-electron chi connectivity index (χ0n) is 10.2. The van der Waals surface area contributed by atoms with Crippen molar-refractivity contribution in [3.63, 3.8) is 0 Å². The first-order valence-electron chi connectivity index (χ1n) is 5.89. The number of thiazole rings is 1. The van der Waals surface area contributed by atoms with Crippen LogP contribution in [0.2, 0.25) is 0 Å². The van der Waals surface area contributed by atoms with E-state index in [0.717, 1.165) is 15.2 Å². The van der Waals surface area contributed by atoms with Crippen molar-refractivity contribution in [2.24, 2.45) is 11.1 Å². The molecule has 96 valence electrons. The lowest BCUT2D eigenvalue weighted by Crippen LogP contribution is -2.40. The first-order valence-corrected chi connectivity index (χ1v) is 6.71. The van der Waals surface area contributed by atoms with Crippen molar-refractivity contribution in [3.05, 3.63) is 29.3 Å². The van der Waals surface area contributed by atoms with Crippen molar-refractivity contribution < 1.29 is 9.90 Å². The van der Waals surface area contributed by atoms with E-state index in [1.165, 1.54) is 0 Å². The van der Waals surface area contributed by atoms with Crippen LogP contribution < -0.4 is 5.73 Å². The van der Waals surface area contributed by atoms with E-state index in [2.05, 4.69) is 4.98 Å². The summed E-state index contributed by atoms with van der Waals surface area (Å²) in [4.78, 5) is 15.9. The largest absolute Gasteiger partial charge is 0.481 e. The number of fused-ring (bicyclic) bond motifs is 1. The van der Waals surface area contributed by atoms with Gasteiger partial charge in [-0.2, -0.15) is 0 Å². The summed E-state index contributed by atoms with van der Waals surface area (Å²) in [6.45, 7) is 1.99. The van der Waals surface area contributed by atoms with Gasteiger partial charge in [-0.1, -0.05) is 19.1 Å². The molecule has 0 fully saturated rings. The van der Waals surface area contributed by atoms with Crippen molar-refractivity contribution in [1.29, 1.82) is 0 Å². The normalized spacial score (nSPS) is 14.6. The third kappa shape index (κ3) is 2.23. The number of benzene rings is 1. The smallest absolute Gasteiger partial charge is 0.311 e. The first kappa shape index (κ1) is 13.0. The molecule has 0 amide bonds. The van der Waals surface area contributed by atoms with Gasteiger partial charge in [-0.05, 0) is 18.6 Å². The molecule has 4 nitrogen and oxygen atoms in total. The fourth-order valence-electron chi connectivity index (χ4n) is 1.94. The van der Waals surface area contributed by atoms with Crippen molar-refractivity contribution in [2.75, 3.05) is 6.54 Å². The van der Waals surface area contributed by atoms with Gasteiger partial charge in [-0.15, -0.1) is 11.3 Å². The van der Waals surface area contributed by atoms with Gasteiger partial charge in [0, 0.05) is 13.0 Å². The molecule has 2 aromatic rings. The molecule has 0 aliphatic rings. The number of carbonyl (C=O) groups is 1. The van der Waals surface area contributed by atoms with Crippen molar-refractivity contribution >= 4 is 27.5 Å². The Labute approximate surface area is 109 Å². The molecule has 1 aromatic carbocycles. The SMILES string of the molecule is CCC(CN)(Cc1nc2ccccc2s1)C(=O)O. The monoisotopic (exact) mass is 264 g/mol. The van der Waals surface area contributed by atoms with Crippen molar-refractivity contribution in [1.82, 2.24) is 4.98 Å². The highest BCUT2D eigenvalue weighted by atomic mass is 32.1. The Morgan fingerprint density at radius 3 is 2.78 bits per heavy atom. The van der Waals surface area contributed by atoms with Gasteiger partial charge >= 0.3 is 5.97 Å². The van der Waals surface area contributed by atoms with Crippen LogP contribution in [0.3, 0.4) is 0 Å². The number of carboxylic acids is 1. The van der Waals surface area contributed by atoms with E-state index in [1.807, 2.05) is 31.2 Å². The van der Waals surface area contributed by atoms with Crippen LogP contribution >= 0.6 is 11.3 Å². The van der Waals surface area contributed by atoms with Crippen LogP contribution in [0.25, 0.3) is 10.2 Å². The molecule has 0 aliphatic carbocycles. The molecule has 2 rings (SSSR count). The molecule has 0 aliphatic heterocycles. The van der Waals surface area contributed by atoms with Gasteiger partial charge in [0.2, 0.25) is 0 Å². The molecular weight excluding hydrogens is 248 g/mol. The number of nitrogens with zero attached hydrogens (tertiary/aromatic N) is 1. The standard InChI is InChI=1S/C13H16N2O2S/c1-2-13(8-14,12(16)17)7-11-15-9-5-3-4-6-10(9)18-11/h3-6H,2,7-8,14H2,1H3,(H,16,17). The Balaban J connectivity index is 2.34. The number of para-hydroxylation sites is 1. The van der Waals surface area contributed by atoms with Crippen molar-refractivity contribution in [2.45, 2.75) is 19.8 Å². The molecule has 0 saturated carbocycles. The number of aromatic nitrogens is 1. The van der Waals surface area contributed by atoms with Gasteiger partial charge in [0.05, 0.1) is 20.6 Å². The van der Waals surface area contributed by atoms with Crippen LogP contribution in [0.4, 0.5) is 0 Å². The van der Waals surface area contributed by atoms with Crippen molar-refractivity contribution in [3.8, 4) is 0 Å². The highest BCUT2D eigenvalue weighted by Gasteiger charge is 2.36. The van der Waals surface area contributed by atoms with E-state index in [-0.39, 0.29) is 6.54 Å². The molecule has 0 radical (unpaired) electrons. The Kier molecular flexibility index (Phi) is 3.63. The minimum absolute atomic E-state index is 0.134. The second-order valence-electron chi connectivity index (χ2n) is 4.40. The van der Waals surface area contributed by atoms with Gasteiger partial charge in [0.15, 0.2) is 0 Å². The number of hydrogen-bond acceptors (Lipinski definition) is 4. The second-order valence-corrected chi connectivity index (χ2v) is 5.51. The summed E-state index contributed by atoms with van der Waals surface area (Å²) in [7, 11) is 0. The number of hydrogen-bond donors (Lipinski definition) is 2. The highest BCUT2D eigenvalue weighted by molar-refractivity contribution is 7.18. The van der Waals surface area contributed by atoms with Gasteiger partial charge in [0.1, 0.15) is 0 Å². The first-order chi connectivity index (χ1) is 8.61. The van der Waals surface area contributed by atoms with E-state index in [9.17, 15) is 9.90 Å². The molecule has 3 N–H and O–H groups in total. The number of carboxylic acid groups (broad SMARTS) is 1. The van der Waals surface area contributed by atoms with Crippen LogP contribution in [0.1, 0.15) is 18.4 Å². The molecule has 0 saturated heterocycles. The Hall–Kier alpha value is -1.46. The van der Waals surface area contributed by atoms with E-state index >= 15 is 0 Å². The van der Waals surface area contributed by atoms with Crippen LogP contribution in [0.15, 0.2) is 24.3 Å². The van der Waals surface area contributed by atoms with E-state index in [4.69, 9.17) is 5.73 Å². The van der Waals surface area contributed by atoms with Crippen LogP contribution in [-0.2, 0) is 11.2 Å². The third-order valence-electron chi connectivity index (χ3n) is 3.35. The summed E-state index contributed by atoms with van der Waals surface area (Å²) in [5.74, 6) is -0.841. The minimum atomic E-state index is -0.895. The quantitative estimate of drug-likeness (QED) is 0.868. The molecule has 1 unspecified atom stereocenters. The fraction of sp³-hybridized carbons (Fsp3) is 0.385. The lowest BCUT2D eigenvalue weighted by Gasteiger charge is -2.24. The number of nitrogens with two attached hydrogens (primary N) is 1. The lowest BCUT2D eigenvalue weighted by molar-refractivity contribution is -0.148. The van der Waals surface area contributed by atoms with Gasteiger partial charge in [-0.25, -0.2) is 4.98 Å². The van der Waals surface area contributed by atoms with Crippen LogP contribution in [0.5, 0.6) is 0 Å². The summed E-state index contributed by atoms with van der Waals surface area (Å²) in [5.41, 5.74) is 5.68. The maximum Gasteiger partial charge on any atom is 0.311 e. The highest BCUT2D eigenvalue weighted by Crippen LogP contribution is 2.30. The maximum absolute atomic E-state index is 11.4. The third-order valence-corrected chi connectivity index (χ3v) is 4.39. The van der Waals surface area contributed by atoms with E-state index in [1.54, 1.807) is 11.3 Å². The molecule has 1 aromatic heterocycles. The topological polar surface area (TPSA) is 76.2 Å². The molecule has 18 heavy (non-hydrogen) atoms. The number of aliphatic carboxylic acids is 1. The Bertz CT molecular complexity index is 528. The molecule has 1 atom stereocenters. The predicted octanol–water partition coefficient (Wildman–Crippen LogP) is 2.28. The maximum atomic E-state index is 11.4. The Morgan fingerprint density at radius 1 is 1.50 bits per heavy atom. The second kappa shape index (κ2) is 5.04. The molecular formula is C13H16N2O2S. The molecule has 0 spiro atoms. The average Bonchev–Trinajstić information content (AvgIpc) is 2.77. The fourth-order valence-corrected chi connectivity index (χ4v) is 3.05. The summed E-state index contributed by atoms with van der Waals surface area (Å²) >= 11 is 1.54. The summed E-state index contributed by atoms with van der Waals surface area (Å²) in [5, 5.41) is 10.2. The lowest BCUT2D eigenvalue weighted by atomic mass is 9.82. The number of rotatable bonds is 5. The predicted molar refractivity (Wildman–Crippen MR) is 72.7 cm³/mol. The van der Waals surface area contributed by atoms with Gasteiger partial charge in [0.25, 0.3) is 0 Å². The van der Waals surface area contributed by atoms with Gasteiger partial charge < -0.3 is 10.8 Å². The zero-order chi connectivity index (χ0) is 13.2. The van der Waals surface area contributed by atoms with Gasteiger partial charge in [-0.3, -0.25) is 4.79 Å². The minimum Gasteiger partial charge on any atom is -0.481 e. The van der Waals surface area contributed by atoms with E-state index in [0.29, 0.717) is 12.8 Å². The molecule has 0 bridgehead atoms. The van der Waals surface area contributed by atoms with Crippen LogP contribution in [-0.4, -0.2) is 22.6 Å². The average molecular weight is 264 g/mol. The summed E-state index contributed by atoms with van der Waals surface area (Å²) in [6.07, 6.45) is 0.906. The molecule has 5 heteroatoms. The summed E-state index contributed by atoms with van der Waals surface area (Å²) < 4.78 is 1.08. The zero-order valence-corrected chi connectivity index (χ0v) is 11.0. The molecule has 1 heterocycles.